The van der Waals surface area contributed by atoms with Crippen LogP contribution in [0.15, 0.2) is 40.6 Å². The quantitative estimate of drug-likeness (QED) is 0.650. The molecule has 0 spiro atoms. The zero-order chi connectivity index (χ0) is 12.1. The van der Waals surface area contributed by atoms with Gasteiger partial charge in [-0.2, -0.15) is 0 Å². The van der Waals surface area contributed by atoms with E-state index in [-0.39, 0.29) is 5.78 Å². The van der Waals surface area contributed by atoms with E-state index in [2.05, 4.69) is 26.6 Å². The summed E-state index contributed by atoms with van der Waals surface area (Å²) in [7, 11) is 0. The van der Waals surface area contributed by atoms with E-state index in [9.17, 15) is 4.79 Å². The lowest BCUT2D eigenvalue weighted by molar-refractivity contribution is 0.104. The van der Waals surface area contributed by atoms with Crippen molar-refractivity contribution in [2.75, 3.05) is 13.1 Å². The predicted octanol–water partition coefficient (Wildman–Crippen LogP) is 2.45. The number of benzene rings is 1. The van der Waals surface area contributed by atoms with Crippen LogP contribution in [0.4, 0.5) is 0 Å². The summed E-state index contributed by atoms with van der Waals surface area (Å²) in [6.07, 6.45) is 3.90. The number of ketones is 1. The molecule has 1 fully saturated rings. The first kappa shape index (κ1) is 12.2. The SMILES string of the molecule is O=C(C=C1NCCCCN1)c1ccc(Br)cc1. The average molecular weight is 295 g/mol. The molecule has 0 saturated carbocycles. The van der Waals surface area contributed by atoms with Crippen molar-refractivity contribution in [2.45, 2.75) is 12.8 Å². The highest BCUT2D eigenvalue weighted by Crippen LogP contribution is 2.11. The number of carbonyl (C=O) groups excluding carboxylic acids is 1. The first-order valence-electron chi connectivity index (χ1n) is 5.75. The van der Waals surface area contributed by atoms with Crippen LogP contribution in [0.25, 0.3) is 0 Å². The van der Waals surface area contributed by atoms with Gasteiger partial charge in [0.05, 0.1) is 0 Å². The number of carbonyl (C=O) groups is 1. The van der Waals surface area contributed by atoms with Crippen LogP contribution in [0.5, 0.6) is 0 Å². The molecule has 2 rings (SSSR count). The molecule has 1 aromatic rings. The molecule has 1 heterocycles. The molecule has 0 aliphatic carbocycles. The van der Waals surface area contributed by atoms with Crippen molar-refractivity contribution >= 4 is 21.7 Å². The zero-order valence-corrected chi connectivity index (χ0v) is 11.1. The Labute approximate surface area is 109 Å². The minimum absolute atomic E-state index is 0.0226. The molecule has 1 aromatic carbocycles. The molecule has 1 saturated heterocycles. The zero-order valence-electron chi connectivity index (χ0n) is 9.50. The largest absolute Gasteiger partial charge is 0.372 e. The highest BCUT2D eigenvalue weighted by atomic mass is 79.9. The van der Waals surface area contributed by atoms with Gasteiger partial charge in [0.15, 0.2) is 5.78 Å². The monoisotopic (exact) mass is 294 g/mol. The van der Waals surface area contributed by atoms with E-state index in [1.807, 2.05) is 24.3 Å². The van der Waals surface area contributed by atoms with Crippen LogP contribution in [0, 0.1) is 0 Å². The van der Waals surface area contributed by atoms with Gasteiger partial charge in [-0.25, -0.2) is 0 Å². The Hall–Kier alpha value is -1.29. The number of rotatable bonds is 2. The van der Waals surface area contributed by atoms with Gasteiger partial charge >= 0.3 is 0 Å². The molecule has 1 aliphatic heterocycles. The summed E-state index contributed by atoms with van der Waals surface area (Å²) in [5, 5.41) is 6.43. The van der Waals surface area contributed by atoms with E-state index in [1.165, 1.54) is 0 Å². The van der Waals surface area contributed by atoms with Crippen molar-refractivity contribution in [1.82, 2.24) is 10.6 Å². The molecule has 0 aromatic heterocycles. The third-order valence-electron chi connectivity index (χ3n) is 2.64. The first-order chi connectivity index (χ1) is 8.25. The summed E-state index contributed by atoms with van der Waals surface area (Å²) in [6.45, 7) is 1.85. The topological polar surface area (TPSA) is 41.1 Å². The van der Waals surface area contributed by atoms with Crippen molar-refractivity contribution in [1.29, 1.82) is 0 Å². The Balaban J connectivity index is 2.09. The van der Waals surface area contributed by atoms with Gasteiger partial charge < -0.3 is 10.6 Å². The predicted molar refractivity (Wildman–Crippen MR) is 71.8 cm³/mol. The van der Waals surface area contributed by atoms with Gasteiger partial charge in [0.1, 0.15) is 5.82 Å². The maximum absolute atomic E-state index is 12.0. The minimum Gasteiger partial charge on any atom is -0.372 e. The normalized spacial score (nSPS) is 15.5. The van der Waals surface area contributed by atoms with Crippen LogP contribution in [-0.2, 0) is 0 Å². The number of halogens is 1. The van der Waals surface area contributed by atoms with Gasteiger partial charge in [-0.15, -0.1) is 0 Å². The molecule has 0 amide bonds. The highest BCUT2D eigenvalue weighted by Gasteiger charge is 2.06. The van der Waals surface area contributed by atoms with Crippen molar-refractivity contribution < 1.29 is 4.79 Å². The van der Waals surface area contributed by atoms with Crippen molar-refractivity contribution in [3.05, 3.63) is 46.2 Å². The van der Waals surface area contributed by atoms with Crippen LogP contribution < -0.4 is 10.6 Å². The second-order valence-corrected chi connectivity index (χ2v) is 4.91. The van der Waals surface area contributed by atoms with E-state index in [0.717, 1.165) is 36.2 Å². The summed E-state index contributed by atoms with van der Waals surface area (Å²) >= 11 is 3.35. The van der Waals surface area contributed by atoms with Crippen molar-refractivity contribution in [3.8, 4) is 0 Å². The van der Waals surface area contributed by atoms with Gasteiger partial charge in [-0.3, -0.25) is 4.79 Å². The molecule has 2 N–H and O–H groups in total. The molecule has 0 bridgehead atoms. The van der Waals surface area contributed by atoms with E-state index in [1.54, 1.807) is 6.08 Å². The van der Waals surface area contributed by atoms with E-state index >= 15 is 0 Å². The van der Waals surface area contributed by atoms with Crippen molar-refractivity contribution in [3.63, 3.8) is 0 Å². The lowest BCUT2D eigenvalue weighted by Gasteiger charge is -2.07. The van der Waals surface area contributed by atoms with Crippen molar-refractivity contribution in [2.24, 2.45) is 0 Å². The molecular weight excluding hydrogens is 280 g/mol. The number of nitrogens with one attached hydrogen (secondary N) is 2. The average Bonchev–Trinajstić information content (AvgIpc) is 2.58. The Kier molecular flexibility index (Phi) is 4.20. The maximum Gasteiger partial charge on any atom is 0.189 e. The summed E-state index contributed by atoms with van der Waals surface area (Å²) in [5.74, 6) is 0.852. The first-order valence-corrected chi connectivity index (χ1v) is 6.54. The maximum atomic E-state index is 12.0. The standard InChI is InChI=1S/C13H15BrN2O/c14-11-5-3-10(4-6-11)12(17)9-13-15-7-1-2-8-16-13/h3-6,9,15-16H,1-2,7-8H2. The van der Waals surface area contributed by atoms with Crippen LogP contribution in [0.1, 0.15) is 23.2 Å². The Morgan fingerprint density at radius 2 is 1.71 bits per heavy atom. The summed E-state index contributed by atoms with van der Waals surface area (Å²) in [6, 6.07) is 7.39. The van der Waals surface area contributed by atoms with E-state index < -0.39 is 0 Å². The minimum atomic E-state index is 0.0226. The van der Waals surface area contributed by atoms with Gasteiger partial charge in [0, 0.05) is 29.2 Å². The fraction of sp³-hybridized carbons (Fsp3) is 0.308. The Morgan fingerprint density at radius 3 is 2.29 bits per heavy atom. The molecule has 90 valence electrons. The molecule has 17 heavy (non-hydrogen) atoms. The Morgan fingerprint density at radius 1 is 1.12 bits per heavy atom. The second kappa shape index (κ2) is 5.87. The van der Waals surface area contributed by atoms with Gasteiger partial charge in [-0.1, -0.05) is 15.9 Å². The molecule has 4 heteroatoms. The van der Waals surface area contributed by atoms with Crippen LogP contribution in [0.2, 0.25) is 0 Å². The molecule has 1 aliphatic rings. The van der Waals surface area contributed by atoms with Crippen LogP contribution in [-0.4, -0.2) is 18.9 Å². The summed E-state index contributed by atoms with van der Waals surface area (Å²) in [4.78, 5) is 12.0. The molecule has 0 unspecified atom stereocenters. The lowest BCUT2D eigenvalue weighted by atomic mass is 10.1. The molecular formula is C13H15BrN2O. The molecule has 0 atom stereocenters. The second-order valence-electron chi connectivity index (χ2n) is 3.99. The number of hydrogen-bond donors (Lipinski definition) is 2. The fourth-order valence-electron chi connectivity index (χ4n) is 1.69. The lowest BCUT2D eigenvalue weighted by Crippen LogP contribution is -2.24. The van der Waals surface area contributed by atoms with Crippen LogP contribution >= 0.6 is 15.9 Å². The summed E-state index contributed by atoms with van der Waals surface area (Å²) in [5.41, 5.74) is 0.702. The fourth-order valence-corrected chi connectivity index (χ4v) is 1.95. The molecule has 3 nitrogen and oxygen atoms in total. The van der Waals surface area contributed by atoms with E-state index in [4.69, 9.17) is 0 Å². The van der Waals surface area contributed by atoms with Gasteiger partial charge in [0.25, 0.3) is 0 Å². The summed E-state index contributed by atoms with van der Waals surface area (Å²) < 4.78 is 0.979. The smallest absolute Gasteiger partial charge is 0.189 e. The number of allylic oxidation sites excluding steroid dienone is 1. The van der Waals surface area contributed by atoms with Gasteiger partial charge in [-0.05, 0) is 37.1 Å². The third kappa shape index (κ3) is 3.60. The van der Waals surface area contributed by atoms with Crippen LogP contribution in [0.3, 0.4) is 0 Å². The van der Waals surface area contributed by atoms with E-state index in [0.29, 0.717) is 5.56 Å². The number of hydrogen-bond acceptors (Lipinski definition) is 3. The van der Waals surface area contributed by atoms with Gasteiger partial charge in [0.2, 0.25) is 0 Å². The Bertz CT molecular complexity index is 416. The third-order valence-corrected chi connectivity index (χ3v) is 3.17. The molecule has 0 radical (unpaired) electrons. The highest BCUT2D eigenvalue weighted by molar-refractivity contribution is 9.10.